The van der Waals surface area contributed by atoms with Gasteiger partial charge in [-0.05, 0) is 40.2 Å². The summed E-state index contributed by atoms with van der Waals surface area (Å²) in [6.07, 6.45) is 0.917. The molecule has 2 amide bonds. The molecule has 0 aliphatic carbocycles. The molecule has 0 aromatic carbocycles. The molecule has 0 aliphatic rings. The van der Waals surface area contributed by atoms with Crippen LogP contribution in [0.2, 0.25) is 0 Å². The molecule has 2 aromatic rings. The Labute approximate surface area is 147 Å². The molecule has 2 N–H and O–H groups in total. The molecule has 136 valence electrons. The first-order valence-corrected chi connectivity index (χ1v) is 8.48. The van der Waals surface area contributed by atoms with Crippen molar-refractivity contribution in [3.05, 3.63) is 39.7 Å². The maximum atomic E-state index is 12.1. The van der Waals surface area contributed by atoms with Gasteiger partial charge in [-0.15, -0.1) is 0 Å². The largest absolute Gasteiger partial charge is 0.348 e. The van der Waals surface area contributed by atoms with Gasteiger partial charge in [0.05, 0.1) is 11.7 Å². The number of anilines is 1. The van der Waals surface area contributed by atoms with Crippen molar-refractivity contribution in [3.8, 4) is 0 Å². The van der Waals surface area contributed by atoms with Crippen molar-refractivity contribution in [1.29, 1.82) is 0 Å². The third kappa shape index (κ3) is 4.68. The van der Waals surface area contributed by atoms with Crippen molar-refractivity contribution in [3.63, 3.8) is 0 Å². The zero-order chi connectivity index (χ0) is 18.6. The minimum absolute atomic E-state index is 0.198. The highest BCUT2D eigenvalue weighted by Gasteiger charge is 2.13. The van der Waals surface area contributed by atoms with Crippen LogP contribution in [-0.4, -0.2) is 31.9 Å². The van der Waals surface area contributed by atoms with Crippen LogP contribution >= 0.6 is 0 Å². The highest BCUT2D eigenvalue weighted by atomic mass is 16.2. The lowest BCUT2D eigenvalue weighted by Crippen LogP contribution is -2.35. The summed E-state index contributed by atoms with van der Waals surface area (Å²) in [7, 11) is 0. The van der Waals surface area contributed by atoms with Gasteiger partial charge in [0, 0.05) is 30.5 Å². The number of hydrogen-bond donors (Lipinski definition) is 2. The molecule has 0 saturated carbocycles. The van der Waals surface area contributed by atoms with Crippen LogP contribution in [0.4, 0.5) is 10.6 Å². The highest BCUT2D eigenvalue weighted by molar-refractivity contribution is 5.88. The summed E-state index contributed by atoms with van der Waals surface area (Å²) in [5, 5.41) is 10.00. The Balaban J connectivity index is 1.95. The number of rotatable bonds is 6. The summed E-state index contributed by atoms with van der Waals surface area (Å²) in [4.78, 5) is 27.9. The number of carbonyl (C=O) groups excluding carboxylic acids is 1. The van der Waals surface area contributed by atoms with Crippen molar-refractivity contribution in [1.82, 2.24) is 24.6 Å². The number of hydrogen-bond acceptors (Lipinski definition) is 4. The molecule has 8 nitrogen and oxygen atoms in total. The molecule has 0 saturated heterocycles. The number of nitrogens with one attached hydrogen (secondary N) is 2. The van der Waals surface area contributed by atoms with Gasteiger partial charge in [0.25, 0.3) is 0 Å². The molecule has 0 fully saturated rings. The molecule has 8 heteroatoms. The van der Waals surface area contributed by atoms with E-state index < -0.39 is 0 Å². The van der Waals surface area contributed by atoms with Crippen LogP contribution in [0.3, 0.4) is 0 Å². The van der Waals surface area contributed by atoms with Gasteiger partial charge in [0.15, 0.2) is 0 Å². The third-order valence-electron chi connectivity index (χ3n) is 4.08. The predicted molar refractivity (Wildman–Crippen MR) is 97.0 cm³/mol. The van der Waals surface area contributed by atoms with Crippen LogP contribution in [0.25, 0.3) is 0 Å². The fourth-order valence-electron chi connectivity index (χ4n) is 2.61. The number of nitrogens with zero attached hydrogens (tertiary/aromatic N) is 4. The van der Waals surface area contributed by atoms with E-state index in [1.165, 1.54) is 0 Å². The van der Waals surface area contributed by atoms with Crippen LogP contribution in [0.15, 0.2) is 16.9 Å². The zero-order valence-corrected chi connectivity index (χ0v) is 15.5. The first-order chi connectivity index (χ1) is 11.8. The summed E-state index contributed by atoms with van der Waals surface area (Å²) in [5.41, 5.74) is 2.07. The molecule has 2 heterocycles. The van der Waals surface area contributed by atoms with Gasteiger partial charge < -0.3 is 5.32 Å². The van der Waals surface area contributed by atoms with Gasteiger partial charge in [0.1, 0.15) is 5.82 Å². The maximum absolute atomic E-state index is 12.1. The Hall–Kier alpha value is -2.64. The van der Waals surface area contributed by atoms with Gasteiger partial charge >= 0.3 is 11.7 Å². The van der Waals surface area contributed by atoms with E-state index in [0.717, 1.165) is 17.8 Å². The Kier molecular flexibility index (Phi) is 5.95. The van der Waals surface area contributed by atoms with Gasteiger partial charge in [-0.2, -0.15) is 10.1 Å². The molecule has 2 aromatic heterocycles. The summed E-state index contributed by atoms with van der Waals surface area (Å²) in [6.45, 7) is 10.3. The lowest BCUT2D eigenvalue weighted by atomic mass is 10.3. The first-order valence-electron chi connectivity index (χ1n) is 8.48. The number of aromatic nitrogens is 4. The molecular weight excluding hydrogens is 320 g/mol. The smallest absolute Gasteiger partial charge is 0.336 e. The molecule has 0 aliphatic heterocycles. The molecule has 0 bridgehead atoms. The van der Waals surface area contributed by atoms with E-state index in [4.69, 9.17) is 0 Å². The van der Waals surface area contributed by atoms with Crippen molar-refractivity contribution in [2.45, 2.75) is 53.6 Å². The average molecular weight is 346 g/mol. The minimum Gasteiger partial charge on any atom is -0.336 e. The summed E-state index contributed by atoms with van der Waals surface area (Å²) in [5.74, 6) is 0.662. The molecule has 0 radical (unpaired) electrons. The van der Waals surface area contributed by atoms with Crippen LogP contribution in [0.5, 0.6) is 0 Å². The van der Waals surface area contributed by atoms with E-state index in [9.17, 15) is 9.59 Å². The second kappa shape index (κ2) is 7.96. The van der Waals surface area contributed by atoms with Crippen molar-refractivity contribution in [2.75, 3.05) is 11.9 Å². The number of urea groups is 1. The first kappa shape index (κ1) is 18.7. The topological polar surface area (TPSA) is 93.8 Å². The highest BCUT2D eigenvalue weighted by Crippen LogP contribution is 2.18. The summed E-state index contributed by atoms with van der Waals surface area (Å²) < 4.78 is 3.36. The van der Waals surface area contributed by atoms with Crippen LogP contribution < -0.4 is 16.3 Å². The molecule has 2 rings (SSSR count). The minimum atomic E-state index is -0.324. The molecule has 25 heavy (non-hydrogen) atoms. The van der Waals surface area contributed by atoms with Crippen LogP contribution in [-0.2, 0) is 6.54 Å². The normalized spacial score (nSPS) is 12.0. The van der Waals surface area contributed by atoms with Crippen molar-refractivity contribution < 1.29 is 4.79 Å². The maximum Gasteiger partial charge on any atom is 0.348 e. The fraction of sp³-hybridized carbons (Fsp3) is 0.529. The van der Waals surface area contributed by atoms with E-state index in [1.54, 1.807) is 11.5 Å². The molecule has 0 spiro atoms. The Morgan fingerprint density at radius 3 is 2.60 bits per heavy atom. The number of amides is 2. The van der Waals surface area contributed by atoms with Gasteiger partial charge in [-0.3, -0.25) is 9.88 Å². The quantitative estimate of drug-likeness (QED) is 0.838. The predicted octanol–water partition coefficient (Wildman–Crippen LogP) is 2.16. The number of carbonyl (C=O) groups is 1. The van der Waals surface area contributed by atoms with Gasteiger partial charge in [0.2, 0.25) is 0 Å². The molecular formula is C17H26N6O2. The lowest BCUT2D eigenvalue weighted by Gasteiger charge is -2.15. The summed E-state index contributed by atoms with van der Waals surface area (Å²) >= 11 is 0. The van der Waals surface area contributed by atoms with Crippen LogP contribution in [0, 0.1) is 20.8 Å². The number of aryl methyl sites for hydroxylation is 3. The van der Waals surface area contributed by atoms with Gasteiger partial charge in [-0.1, -0.05) is 6.92 Å². The zero-order valence-electron chi connectivity index (χ0n) is 15.5. The SMILES string of the molecule is CCC(C)n1nc(C)cc1NC(=O)NCCn1c(C)cc(C)nc1=O. The van der Waals surface area contributed by atoms with Crippen molar-refractivity contribution in [2.24, 2.45) is 0 Å². The Morgan fingerprint density at radius 1 is 1.24 bits per heavy atom. The van der Waals surface area contributed by atoms with E-state index in [2.05, 4.69) is 34.6 Å². The lowest BCUT2D eigenvalue weighted by molar-refractivity contribution is 0.251. The Bertz CT molecular complexity index is 808. The summed E-state index contributed by atoms with van der Waals surface area (Å²) in [6, 6.07) is 3.55. The van der Waals surface area contributed by atoms with E-state index in [-0.39, 0.29) is 17.8 Å². The molecule has 1 unspecified atom stereocenters. The second-order valence-electron chi connectivity index (χ2n) is 6.23. The Morgan fingerprint density at radius 2 is 1.96 bits per heavy atom. The average Bonchev–Trinajstić information content (AvgIpc) is 2.89. The van der Waals surface area contributed by atoms with E-state index in [0.29, 0.717) is 24.6 Å². The second-order valence-corrected chi connectivity index (χ2v) is 6.23. The monoisotopic (exact) mass is 346 g/mol. The standard InChI is InChI=1S/C17H26N6O2/c1-6-13(4)23-15(10-12(3)21-23)20-16(24)18-7-8-22-14(5)9-11(2)19-17(22)25/h9-10,13H,6-8H2,1-5H3,(H2,18,20,24). The fourth-order valence-corrected chi connectivity index (χ4v) is 2.61. The van der Waals surface area contributed by atoms with Crippen LogP contribution in [0.1, 0.15) is 43.4 Å². The molecule has 1 atom stereocenters. The van der Waals surface area contributed by atoms with Gasteiger partial charge in [-0.25, -0.2) is 14.3 Å². The van der Waals surface area contributed by atoms with E-state index >= 15 is 0 Å². The van der Waals surface area contributed by atoms with E-state index in [1.807, 2.05) is 30.7 Å². The third-order valence-corrected chi connectivity index (χ3v) is 4.08. The van der Waals surface area contributed by atoms with Crippen molar-refractivity contribution >= 4 is 11.8 Å².